The van der Waals surface area contributed by atoms with Gasteiger partial charge in [0.05, 0.1) is 5.02 Å². The van der Waals surface area contributed by atoms with E-state index in [1.165, 1.54) is 6.92 Å². The monoisotopic (exact) mass is 242 g/mol. The molecule has 0 spiro atoms. The lowest BCUT2D eigenvalue weighted by atomic mass is 10.1. The number of hydrogen-bond acceptors (Lipinski definition) is 2. The second-order valence-corrected chi connectivity index (χ2v) is 4.16. The zero-order chi connectivity index (χ0) is 11.0. The molecule has 0 bridgehead atoms. The molecular weight excluding hydrogens is 235 g/mol. The number of halogens is 2. The van der Waals surface area contributed by atoms with Crippen LogP contribution >= 0.6 is 23.2 Å². The molecule has 1 aliphatic heterocycles. The first-order valence-corrected chi connectivity index (χ1v) is 5.17. The molecule has 1 aromatic rings. The summed E-state index contributed by atoms with van der Waals surface area (Å²) in [6.45, 7) is 1.77. The van der Waals surface area contributed by atoms with E-state index in [4.69, 9.17) is 27.9 Å². The van der Waals surface area contributed by atoms with Crippen molar-refractivity contribution in [3.63, 3.8) is 0 Å². The number of hydrogen-bond donors (Lipinski definition) is 0. The smallest absolute Gasteiger partial charge is 0.159 e. The Kier molecular flexibility index (Phi) is 2.72. The Labute approximate surface area is 97.4 Å². The van der Waals surface area contributed by atoms with Crippen LogP contribution < -0.4 is 4.74 Å². The van der Waals surface area contributed by atoms with Crippen molar-refractivity contribution in [3.05, 3.63) is 33.3 Å². The van der Waals surface area contributed by atoms with E-state index in [-0.39, 0.29) is 12.4 Å². The van der Waals surface area contributed by atoms with Gasteiger partial charge in [-0.1, -0.05) is 23.2 Å². The molecule has 78 valence electrons. The van der Waals surface area contributed by atoms with Crippen LogP contribution in [-0.4, -0.2) is 12.4 Å². The highest BCUT2D eigenvalue weighted by Crippen LogP contribution is 2.36. The SMILES string of the molecule is CC(=O)C1=Cc2cc(Cl)cc(Cl)c2OC1. The highest BCUT2D eigenvalue weighted by Gasteiger charge is 2.17. The topological polar surface area (TPSA) is 26.3 Å². The predicted molar refractivity (Wildman–Crippen MR) is 60.6 cm³/mol. The Bertz CT molecular complexity index is 464. The summed E-state index contributed by atoms with van der Waals surface area (Å²) in [6, 6.07) is 3.35. The Balaban J connectivity index is 2.54. The van der Waals surface area contributed by atoms with Crippen molar-refractivity contribution in [1.29, 1.82) is 0 Å². The molecule has 0 fully saturated rings. The number of rotatable bonds is 1. The highest BCUT2D eigenvalue weighted by molar-refractivity contribution is 6.36. The summed E-state index contributed by atoms with van der Waals surface area (Å²) in [5.41, 5.74) is 1.38. The van der Waals surface area contributed by atoms with Gasteiger partial charge in [-0.25, -0.2) is 0 Å². The van der Waals surface area contributed by atoms with Gasteiger partial charge in [0.25, 0.3) is 0 Å². The molecule has 1 aromatic carbocycles. The lowest BCUT2D eigenvalue weighted by Gasteiger charge is -2.17. The molecule has 0 saturated heterocycles. The lowest BCUT2D eigenvalue weighted by molar-refractivity contribution is -0.113. The van der Waals surface area contributed by atoms with Gasteiger partial charge in [0.15, 0.2) is 5.78 Å². The first-order chi connectivity index (χ1) is 7.08. The van der Waals surface area contributed by atoms with E-state index in [1.807, 2.05) is 0 Å². The number of carbonyl (C=O) groups is 1. The van der Waals surface area contributed by atoms with Crippen LogP contribution in [0.5, 0.6) is 5.75 Å². The Morgan fingerprint density at radius 3 is 2.80 bits per heavy atom. The molecule has 0 aromatic heterocycles. The molecule has 0 N–H and O–H groups in total. The Morgan fingerprint density at radius 2 is 2.13 bits per heavy atom. The van der Waals surface area contributed by atoms with Gasteiger partial charge in [0.2, 0.25) is 0 Å². The molecule has 0 atom stereocenters. The summed E-state index contributed by atoms with van der Waals surface area (Å²) in [4.78, 5) is 11.2. The second-order valence-electron chi connectivity index (χ2n) is 3.32. The number of ether oxygens (including phenoxy) is 1. The summed E-state index contributed by atoms with van der Waals surface area (Å²) in [6.07, 6.45) is 1.76. The van der Waals surface area contributed by atoms with Crippen molar-refractivity contribution in [1.82, 2.24) is 0 Å². The standard InChI is InChI=1S/C11H8Cl2O2/c1-6(14)8-2-7-3-9(12)4-10(13)11(7)15-5-8/h2-4H,5H2,1H3. The van der Waals surface area contributed by atoms with Gasteiger partial charge in [0.1, 0.15) is 12.4 Å². The molecule has 0 saturated carbocycles. The van der Waals surface area contributed by atoms with Crippen molar-refractivity contribution < 1.29 is 9.53 Å². The van der Waals surface area contributed by atoms with Gasteiger partial charge in [-0.05, 0) is 25.1 Å². The average Bonchev–Trinajstić information content (AvgIpc) is 2.16. The fraction of sp³-hybridized carbons (Fsp3) is 0.182. The quantitative estimate of drug-likeness (QED) is 0.755. The van der Waals surface area contributed by atoms with Gasteiger partial charge < -0.3 is 4.74 Å². The minimum absolute atomic E-state index is 0.00301. The van der Waals surface area contributed by atoms with Crippen molar-refractivity contribution in [3.8, 4) is 5.75 Å². The third-order valence-corrected chi connectivity index (χ3v) is 2.69. The molecule has 0 unspecified atom stereocenters. The van der Waals surface area contributed by atoms with Gasteiger partial charge in [-0.3, -0.25) is 4.79 Å². The molecule has 1 aliphatic rings. The van der Waals surface area contributed by atoms with Crippen LogP contribution in [0, 0.1) is 0 Å². The second kappa shape index (κ2) is 3.87. The summed E-state index contributed by atoms with van der Waals surface area (Å²) >= 11 is 11.8. The molecule has 4 heteroatoms. The normalized spacial score (nSPS) is 13.9. The van der Waals surface area contributed by atoms with Crippen LogP contribution in [0.15, 0.2) is 17.7 Å². The van der Waals surface area contributed by atoms with Crippen LogP contribution in [0.1, 0.15) is 12.5 Å². The van der Waals surface area contributed by atoms with Crippen molar-refractivity contribution >= 4 is 35.1 Å². The van der Waals surface area contributed by atoms with Crippen molar-refractivity contribution in [2.45, 2.75) is 6.92 Å². The Morgan fingerprint density at radius 1 is 1.40 bits per heavy atom. The molecule has 2 nitrogen and oxygen atoms in total. The molecule has 1 heterocycles. The Hall–Kier alpha value is -0.990. The molecular formula is C11H8Cl2O2. The van der Waals surface area contributed by atoms with Crippen LogP contribution in [0.2, 0.25) is 10.0 Å². The van der Waals surface area contributed by atoms with Gasteiger partial charge in [-0.15, -0.1) is 0 Å². The number of ketones is 1. The maximum atomic E-state index is 11.2. The number of carbonyl (C=O) groups excluding carboxylic acids is 1. The largest absolute Gasteiger partial charge is 0.487 e. The van der Waals surface area contributed by atoms with Gasteiger partial charge in [0, 0.05) is 16.2 Å². The number of benzene rings is 1. The lowest BCUT2D eigenvalue weighted by Crippen LogP contribution is -2.12. The minimum Gasteiger partial charge on any atom is -0.487 e. The molecule has 0 amide bonds. The summed E-state index contributed by atoms with van der Waals surface area (Å²) < 4.78 is 5.40. The first-order valence-electron chi connectivity index (χ1n) is 4.41. The molecule has 15 heavy (non-hydrogen) atoms. The zero-order valence-corrected chi connectivity index (χ0v) is 9.52. The fourth-order valence-electron chi connectivity index (χ4n) is 1.42. The van der Waals surface area contributed by atoms with E-state index in [9.17, 15) is 4.79 Å². The summed E-state index contributed by atoms with van der Waals surface area (Å²) in [5, 5.41) is 1.000. The number of Topliss-reactive ketones (excluding diaryl/α,β-unsaturated/α-hetero) is 1. The van der Waals surface area contributed by atoms with E-state index in [2.05, 4.69) is 0 Å². The van der Waals surface area contributed by atoms with Gasteiger partial charge >= 0.3 is 0 Å². The highest BCUT2D eigenvalue weighted by atomic mass is 35.5. The van der Waals surface area contributed by atoms with E-state index in [0.29, 0.717) is 21.4 Å². The predicted octanol–water partition coefficient (Wildman–Crippen LogP) is 3.36. The third kappa shape index (κ3) is 2.01. The molecule has 2 rings (SSSR count). The first kappa shape index (κ1) is 10.5. The van der Waals surface area contributed by atoms with E-state index < -0.39 is 0 Å². The van der Waals surface area contributed by atoms with E-state index >= 15 is 0 Å². The average molecular weight is 243 g/mol. The third-order valence-electron chi connectivity index (χ3n) is 2.19. The van der Waals surface area contributed by atoms with Crippen molar-refractivity contribution in [2.75, 3.05) is 6.61 Å². The van der Waals surface area contributed by atoms with Crippen molar-refractivity contribution in [2.24, 2.45) is 0 Å². The maximum absolute atomic E-state index is 11.2. The van der Waals surface area contributed by atoms with Crippen LogP contribution in [0.4, 0.5) is 0 Å². The van der Waals surface area contributed by atoms with Gasteiger partial charge in [-0.2, -0.15) is 0 Å². The summed E-state index contributed by atoms with van der Waals surface area (Å²) in [5.74, 6) is 0.586. The number of fused-ring (bicyclic) bond motifs is 1. The minimum atomic E-state index is -0.00301. The van der Waals surface area contributed by atoms with E-state index in [1.54, 1.807) is 18.2 Å². The van der Waals surface area contributed by atoms with E-state index in [0.717, 1.165) is 5.56 Å². The summed E-state index contributed by atoms with van der Waals surface area (Å²) in [7, 11) is 0. The van der Waals surface area contributed by atoms with Crippen LogP contribution in [0.25, 0.3) is 6.08 Å². The molecule has 0 radical (unpaired) electrons. The zero-order valence-electron chi connectivity index (χ0n) is 8.01. The van der Waals surface area contributed by atoms with Crippen LogP contribution in [0.3, 0.4) is 0 Å². The fourth-order valence-corrected chi connectivity index (χ4v) is 1.99. The maximum Gasteiger partial charge on any atom is 0.159 e. The van der Waals surface area contributed by atoms with Crippen LogP contribution in [-0.2, 0) is 4.79 Å². The molecule has 0 aliphatic carbocycles.